The molecule has 106 valence electrons. The largest absolute Gasteiger partial charge is 0.384 e. The third-order valence-electron chi connectivity index (χ3n) is 2.52. The Labute approximate surface area is 125 Å². The second kappa shape index (κ2) is 7.06. The highest BCUT2D eigenvalue weighted by atomic mass is 32.1. The Hall–Kier alpha value is -1.86. The van der Waals surface area contributed by atoms with Crippen molar-refractivity contribution >= 4 is 34.4 Å². The Balaban J connectivity index is 1.78. The molecule has 5 nitrogen and oxygen atoms in total. The van der Waals surface area contributed by atoms with Crippen molar-refractivity contribution in [2.75, 3.05) is 13.7 Å². The van der Waals surface area contributed by atoms with E-state index in [1.807, 2.05) is 35.0 Å². The van der Waals surface area contributed by atoms with E-state index in [4.69, 9.17) is 10.6 Å². The molecule has 2 aromatic heterocycles. The molecule has 0 radical (unpaired) electrons. The van der Waals surface area contributed by atoms with Crippen LogP contribution in [0, 0.1) is 0 Å². The monoisotopic (exact) mass is 309 g/mol. The van der Waals surface area contributed by atoms with E-state index in [0.717, 1.165) is 9.75 Å². The summed E-state index contributed by atoms with van der Waals surface area (Å²) in [5.41, 5.74) is 5.72. The zero-order valence-corrected chi connectivity index (χ0v) is 12.6. The molecule has 0 unspecified atom stereocenters. The first-order chi connectivity index (χ1) is 9.66. The number of rotatable bonds is 6. The Morgan fingerprint density at radius 2 is 2.10 bits per heavy atom. The number of amidine groups is 1. The van der Waals surface area contributed by atoms with Crippen LogP contribution in [-0.2, 0) is 16.2 Å². The first-order valence-corrected chi connectivity index (χ1v) is 7.68. The summed E-state index contributed by atoms with van der Waals surface area (Å²) < 4.78 is 0. The van der Waals surface area contributed by atoms with E-state index in [2.05, 4.69) is 5.16 Å². The number of carbonyl (C=O) groups is 1. The molecule has 0 saturated heterocycles. The van der Waals surface area contributed by atoms with Crippen molar-refractivity contribution in [3.8, 4) is 0 Å². The van der Waals surface area contributed by atoms with Crippen LogP contribution in [0.3, 0.4) is 0 Å². The van der Waals surface area contributed by atoms with Gasteiger partial charge < -0.3 is 15.5 Å². The molecule has 0 atom stereocenters. The lowest BCUT2D eigenvalue weighted by Crippen LogP contribution is -2.29. The van der Waals surface area contributed by atoms with Gasteiger partial charge in [-0.1, -0.05) is 17.3 Å². The number of thiophene rings is 2. The molecule has 0 aliphatic carbocycles. The molecule has 2 rings (SSSR count). The maximum Gasteiger partial charge on any atom is 0.263 e. The van der Waals surface area contributed by atoms with Crippen molar-refractivity contribution in [3.05, 3.63) is 44.8 Å². The number of likely N-dealkylation sites (N-methyl/N-ethyl adjacent to an activating group) is 1. The Morgan fingerprint density at radius 1 is 1.35 bits per heavy atom. The van der Waals surface area contributed by atoms with Crippen LogP contribution in [0.5, 0.6) is 0 Å². The normalized spacial score (nSPS) is 11.3. The third-order valence-corrected chi connectivity index (χ3v) is 4.28. The van der Waals surface area contributed by atoms with E-state index < -0.39 is 0 Å². The number of nitrogens with zero attached hydrogens (tertiary/aromatic N) is 2. The molecule has 2 heterocycles. The van der Waals surface area contributed by atoms with Crippen LogP contribution in [0.4, 0.5) is 0 Å². The molecule has 0 aliphatic heterocycles. The number of nitrogens with two attached hydrogens (primary N) is 1. The predicted octanol–water partition coefficient (Wildman–Crippen LogP) is 2.11. The highest BCUT2D eigenvalue weighted by Crippen LogP contribution is 2.11. The quantitative estimate of drug-likeness (QED) is 0.505. The maximum absolute atomic E-state index is 11.8. The molecule has 0 fully saturated rings. The van der Waals surface area contributed by atoms with Crippen molar-refractivity contribution in [2.45, 2.75) is 6.54 Å². The van der Waals surface area contributed by atoms with Gasteiger partial charge in [0.15, 0.2) is 12.4 Å². The summed E-state index contributed by atoms with van der Waals surface area (Å²) in [4.78, 5) is 20.4. The summed E-state index contributed by atoms with van der Waals surface area (Å²) >= 11 is 3.08. The van der Waals surface area contributed by atoms with Crippen LogP contribution in [-0.4, -0.2) is 30.3 Å². The SMILES string of the molecule is CN(Cc1cccs1)C(=O)CO/N=C(\N)c1cccs1. The van der Waals surface area contributed by atoms with Crippen molar-refractivity contribution in [1.82, 2.24) is 4.90 Å². The fourth-order valence-corrected chi connectivity index (χ4v) is 2.84. The van der Waals surface area contributed by atoms with Gasteiger partial charge in [-0.25, -0.2) is 0 Å². The minimum absolute atomic E-state index is 0.117. The second-order valence-electron chi connectivity index (χ2n) is 4.06. The summed E-state index contributed by atoms with van der Waals surface area (Å²) in [7, 11) is 1.73. The summed E-state index contributed by atoms with van der Waals surface area (Å²) in [6, 6.07) is 7.67. The molecule has 2 aromatic rings. The van der Waals surface area contributed by atoms with E-state index in [-0.39, 0.29) is 18.3 Å². The lowest BCUT2D eigenvalue weighted by Gasteiger charge is -2.15. The summed E-state index contributed by atoms with van der Waals surface area (Å²) in [5, 5.41) is 7.63. The van der Waals surface area contributed by atoms with E-state index in [1.165, 1.54) is 11.3 Å². The van der Waals surface area contributed by atoms with Crippen LogP contribution in [0.2, 0.25) is 0 Å². The highest BCUT2D eigenvalue weighted by Gasteiger charge is 2.10. The molecule has 0 aliphatic rings. The van der Waals surface area contributed by atoms with Gasteiger partial charge in [-0.2, -0.15) is 0 Å². The molecule has 2 N–H and O–H groups in total. The van der Waals surface area contributed by atoms with E-state index in [9.17, 15) is 4.79 Å². The van der Waals surface area contributed by atoms with Gasteiger partial charge >= 0.3 is 0 Å². The molecular formula is C13H15N3O2S2. The zero-order chi connectivity index (χ0) is 14.4. The standard InChI is InChI=1S/C13H15N3O2S2/c1-16(8-10-4-2-6-19-10)12(17)9-18-15-13(14)11-5-3-7-20-11/h2-7H,8-9H2,1H3,(H2,14,15). The van der Waals surface area contributed by atoms with Gasteiger partial charge in [0.2, 0.25) is 0 Å². The lowest BCUT2D eigenvalue weighted by atomic mass is 10.4. The smallest absolute Gasteiger partial charge is 0.263 e. The van der Waals surface area contributed by atoms with Gasteiger partial charge in [0.05, 0.1) is 11.4 Å². The van der Waals surface area contributed by atoms with E-state index in [0.29, 0.717) is 6.54 Å². The maximum atomic E-state index is 11.8. The number of oxime groups is 1. The topological polar surface area (TPSA) is 67.9 Å². The van der Waals surface area contributed by atoms with Crippen molar-refractivity contribution in [2.24, 2.45) is 10.9 Å². The molecule has 0 bridgehead atoms. The zero-order valence-electron chi connectivity index (χ0n) is 11.0. The minimum atomic E-state index is -0.138. The molecule has 7 heteroatoms. The number of hydrogen-bond acceptors (Lipinski definition) is 5. The molecule has 1 amide bonds. The molecule has 0 spiro atoms. The summed E-state index contributed by atoms with van der Waals surface area (Å²) in [6.07, 6.45) is 0. The first kappa shape index (κ1) is 14.5. The van der Waals surface area contributed by atoms with Crippen molar-refractivity contribution in [1.29, 1.82) is 0 Å². The fourth-order valence-electron chi connectivity index (χ4n) is 1.46. The number of carbonyl (C=O) groups excluding carboxylic acids is 1. The van der Waals surface area contributed by atoms with Gasteiger partial charge in [0.25, 0.3) is 5.91 Å². The molecule has 0 saturated carbocycles. The number of hydrogen-bond donors (Lipinski definition) is 1. The van der Waals surface area contributed by atoms with Crippen LogP contribution in [0.15, 0.2) is 40.2 Å². The third kappa shape index (κ3) is 4.07. The Morgan fingerprint density at radius 3 is 2.75 bits per heavy atom. The van der Waals surface area contributed by atoms with Crippen LogP contribution >= 0.6 is 22.7 Å². The highest BCUT2D eigenvalue weighted by molar-refractivity contribution is 7.12. The average molecular weight is 309 g/mol. The second-order valence-corrected chi connectivity index (χ2v) is 6.04. The van der Waals surface area contributed by atoms with Crippen LogP contribution < -0.4 is 5.73 Å². The van der Waals surface area contributed by atoms with Crippen molar-refractivity contribution in [3.63, 3.8) is 0 Å². The Bertz CT molecular complexity index is 564. The minimum Gasteiger partial charge on any atom is -0.384 e. The van der Waals surface area contributed by atoms with Gasteiger partial charge in [-0.15, -0.1) is 22.7 Å². The van der Waals surface area contributed by atoms with Crippen LogP contribution in [0.1, 0.15) is 9.75 Å². The molecular weight excluding hydrogens is 294 g/mol. The fraction of sp³-hybridized carbons (Fsp3) is 0.231. The Kier molecular flexibility index (Phi) is 5.14. The van der Waals surface area contributed by atoms with Gasteiger partial charge in [0.1, 0.15) is 0 Å². The van der Waals surface area contributed by atoms with Gasteiger partial charge in [0, 0.05) is 11.9 Å². The van der Waals surface area contributed by atoms with Gasteiger partial charge in [-0.05, 0) is 22.9 Å². The average Bonchev–Trinajstić information content (AvgIpc) is 3.11. The van der Waals surface area contributed by atoms with E-state index >= 15 is 0 Å². The summed E-state index contributed by atoms with van der Waals surface area (Å²) in [5.74, 6) is 0.148. The van der Waals surface area contributed by atoms with E-state index in [1.54, 1.807) is 23.3 Å². The van der Waals surface area contributed by atoms with Crippen LogP contribution in [0.25, 0.3) is 0 Å². The first-order valence-electron chi connectivity index (χ1n) is 5.92. The summed E-state index contributed by atoms with van der Waals surface area (Å²) in [6.45, 7) is 0.456. The molecule has 0 aromatic carbocycles. The predicted molar refractivity (Wildman–Crippen MR) is 81.8 cm³/mol. The molecule has 20 heavy (non-hydrogen) atoms. The number of amides is 1. The van der Waals surface area contributed by atoms with Crippen molar-refractivity contribution < 1.29 is 9.63 Å². The van der Waals surface area contributed by atoms with Gasteiger partial charge in [-0.3, -0.25) is 4.79 Å². The lowest BCUT2D eigenvalue weighted by molar-refractivity contribution is -0.135.